The van der Waals surface area contributed by atoms with Crippen molar-refractivity contribution in [1.29, 1.82) is 0 Å². The van der Waals surface area contributed by atoms with Crippen LogP contribution in [-0.2, 0) is 10.4 Å². The number of hydrogen-bond donors (Lipinski definition) is 2. The first-order valence-electron chi connectivity index (χ1n) is 4.64. The fourth-order valence-electron chi connectivity index (χ4n) is 1.18. The third kappa shape index (κ3) is 3.25. The third-order valence-electron chi connectivity index (χ3n) is 2.11. The SMILES string of the molecule is Cc1ccc(C(C)(C)O)cc1SNC=O. The first kappa shape index (κ1) is 12.1. The molecule has 1 aromatic rings. The minimum Gasteiger partial charge on any atom is -0.386 e. The Bertz CT molecular complexity index is 358. The number of carbonyl (C=O) groups excluding carboxylic acids is 1. The van der Waals surface area contributed by atoms with E-state index in [9.17, 15) is 9.90 Å². The van der Waals surface area contributed by atoms with Gasteiger partial charge in [-0.25, -0.2) is 0 Å². The molecule has 1 amide bonds. The van der Waals surface area contributed by atoms with Gasteiger partial charge in [-0.05, 0) is 49.9 Å². The fraction of sp³-hybridized carbons (Fsp3) is 0.364. The number of nitrogens with one attached hydrogen (secondary N) is 1. The Morgan fingerprint density at radius 1 is 1.47 bits per heavy atom. The van der Waals surface area contributed by atoms with E-state index in [1.165, 1.54) is 11.9 Å². The van der Waals surface area contributed by atoms with E-state index in [0.717, 1.165) is 16.0 Å². The summed E-state index contributed by atoms with van der Waals surface area (Å²) in [5.74, 6) is 0. The van der Waals surface area contributed by atoms with E-state index < -0.39 is 5.60 Å². The van der Waals surface area contributed by atoms with Gasteiger partial charge in [-0.15, -0.1) is 0 Å². The quantitative estimate of drug-likeness (QED) is 0.608. The van der Waals surface area contributed by atoms with E-state index >= 15 is 0 Å². The predicted molar refractivity (Wildman–Crippen MR) is 61.5 cm³/mol. The van der Waals surface area contributed by atoms with E-state index in [1.54, 1.807) is 13.8 Å². The molecule has 4 heteroatoms. The highest BCUT2D eigenvalue weighted by molar-refractivity contribution is 7.98. The lowest BCUT2D eigenvalue weighted by molar-refractivity contribution is -0.107. The summed E-state index contributed by atoms with van der Waals surface area (Å²) in [6.45, 7) is 5.43. The molecule has 2 N–H and O–H groups in total. The summed E-state index contributed by atoms with van der Waals surface area (Å²) in [5.41, 5.74) is 1.05. The van der Waals surface area contributed by atoms with Crippen molar-refractivity contribution in [2.75, 3.05) is 0 Å². The molecule has 0 aliphatic heterocycles. The molecule has 0 atom stereocenters. The number of aryl methyl sites for hydroxylation is 1. The van der Waals surface area contributed by atoms with Crippen molar-refractivity contribution < 1.29 is 9.90 Å². The predicted octanol–water partition coefficient (Wildman–Crippen LogP) is 1.98. The van der Waals surface area contributed by atoms with Crippen LogP contribution in [0.5, 0.6) is 0 Å². The average molecular weight is 225 g/mol. The van der Waals surface area contributed by atoms with Crippen LogP contribution in [0.2, 0.25) is 0 Å². The average Bonchev–Trinajstić information content (AvgIpc) is 2.15. The second-order valence-corrected chi connectivity index (χ2v) is 4.76. The van der Waals surface area contributed by atoms with Gasteiger partial charge in [0.2, 0.25) is 6.41 Å². The van der Waals surface area contributed by atoms with Gasteiger partial charge in [0, 0.05) is 4.90 Å². The molecule has 0 aliphatic rings. The molecule has 0 bridgehead atoms. The highest BCUT2D eigenvalue weighted by Crippen LogP contribution is 2.26. The number of hydrogen-bond acceptors (Lipinski definition) is 3. The van der Waals surface area contributed by atoms with Gasteiger partial charge in [-0.2, -0.15) is 0 Å². The molecule has 0 spiro atoms. The number of carbonyl (C=O) groups is 1. The Hall–Kier alpha value is -1.00. The fourth-order valence-corrected chi connectivity index (χ4v) is 1.77. The van der Waals surface area contributed by atoms with Gasteiger partial charge in [-0.1, -0.05) is 12.1 Å². The molecule has 0 heterocycles. The van der Waals surface area contributed by atoms with Crippen LogP contribution in [0.1, 0.15) is 25.0 Å². The van der Waals surface area contributed by atoms with Crippen molar-refractivity contribution in [3.05, 3.63) is 29.3 Å². The highest BCUT2D eigenvalue weighted by Gasteiger charge is 2.16. The molecular formula is C11H15NO2S. The molecule has 0 aliphatic carbocycles. The highest BCUT2D eigenvalue weighted by atomic mass is 32.2. The molecule has 15 heavy (non-hydrogen) atoms. The Labute approximate surface area is 94.0 Å². The zero-order valence-electron chi connectivity index (χ0n) is 9.07. The third-order valence-corrected chi connectivity index (χ3v) is 2.99. The molecule has 0 saturated carbocycles. The van der Waals surface area contributed by atoms with E-state index in [2.05, 4.69) is 4.72 Å². The summed E-state index contributed by atoms with van der Waals surface area (Å²) in [7, 11) is 0. The molecular weight excluding hydrogens is 210 g/mol. The molecule has 1 rings (SSSR count). The van der Waals surface area contributed by atoms with Crippen molar-refractivity contribution >= 4 is 18.4 Å². The number of rotatable bonds is 4. The zero-order chi connectivity index (χ0) is 11.5. The first-order chi connectivity index (χ1) is 6.95. The van der Waals surface area contributed by atoms with Crippen LogP contribution in [0.25, 0.3) is 0 Å². The van der Waals surface area contributed by atoms with Crippen LogP contribution in [0.15, 0.2) is 23.1 Å². The van der Waals surface area contributed by atoms with Crippen LogP contribution < -0.4 is 4.72 Å². The van der Waals surface area contributed by atoms with Crippen LogP contribution >= 0.6 is 11.9 Å². The lowest BCUT2D eigenvalue weighted by atomic mass is 9.97. The minimum atomic E-state index is -0.857. The van der Waals surface area contributed by atoms with Gasteiger partial charge in [0.25, 0.3) is 0 Å². The van der Waals surface area contributed by atoms with Gasteiger partial charge in [0.15, 0.2) is 0 Å². The largest absolute Gasteiger partial charge is 0.386 e. The summed E-state index contributed by atoms with van der Waals surface area (Å²) in [5, 5.41) is 9.83. The molecule has 0 fully saturated rings. The Morgan fingerprint density at radius 3 is 2.67 bits per heavy atom. The van der Waals surface area contributed by atoms with Gasteiger partial charge in [0.1, 0.15) is 0 Å². The number of amides is 1. The van der Waals surface area contributed by atoms with E-state index in [-0.39, 0.29) is 0 Å². The van der Waals surface area contributed by atoms with Crippen molar-refractivity contribution in [3.8, 4) is 0 Å². The van der Waals surface area contributed by atoms with Gasteiger partial charge >= 0.3 is 0 Å². The van der Waals surface area contributed by atoms with Crippen LogP contribution in [0, 0.1) is 6.92 Å². The number of aliphatic hydroxyl groups is 1. The van der Waals surface area contributed by atoms with E-state index in [4.69, 9.17) is 0 Å². The van der Waals surface area contributed by atoms with Crippen LogP contribution in [0.4, 0.5) is 0 Å². The van der Waals surface area contributed by atoms with Gasteiger partial charge in [-0.3, -0.25) is 9.52 Å². The Kier molecular flexibility index (Phi) is 3.77. The molecule has 82 valence electrons. The lowest BCUT2D eigenvalue weighted by Gasteiger charge is -2.19. The monoisotopic (exact) mass is 225 g/mol. The summed E-state index contributed by atoms with van der Waals surface area (Å²) in [4.78, 5) is 11.1. The molecule has 0 aromatic heterocycles. The summed E-state index contributed by atoms with van der Waals surface area (Å²) in [6, 6.07) is 5.71. The summed E-state index contributed by atoms with van der Waals surface area (Å²) < 4.78 is 2.54. The zero-order valence-corrected chi connectivity index (χ0v) is 9.89. The van der Waals surface area contributed by atoms with Crippen molar-refractivity contribution in [2.24, 2.45) is 0 Å². The maximum absolute atomic E-state index is 10.2. The van der Waals surface area contributed by atoms with Gasteiger partial charge < -0.3 is 5.11 Å². The maximum Gasteiger partial charge on any atom is 0.217 e. The van der Waals surface area contributed by atoms with Crippen molar-refractivity contribution in [3.63, 3.8) is 0 Å². The van der Waals surface area contributed by atoms with Crippen molar-refractivity contribution in [1.82, 2.24) is 4.72 Å². The second-order valence-electron chi connectivity index (χ2n) is 3.88. The molecule has 3 nitrogen and oxygen atoms in total. The van der Waals surface area contributed by atoms with Crippen LogP contribution in [0.3, 0.4) is 0 Å². The summed E-state index contributed by atoms with van der Waals surface area (Å²) in [6.07, 6.45) is 0.640. The number of benzene rings is 1. The lowest BCUT2D eigenvalue weighted by Crippen LogP contribution is -2.15. The Balaban J connectivity index is 3.00. The smallest absolute Gasteiger partial charge is 0.217 e. The molecule has 1 aromatic carbocycles. The normalized spacial score (nSPS) is 11.2. The minimum absolute atomic E-state index is 0.640. The molecule has 0 radical (unpaired) electrons. The maximum atomic E-state index is 10.2. The standard InChI is InChI=1S/C11H15NO2S/c1-8-4-5-9(11(2,3)14)6-10(8)15-12-7-13/h4-7,14H,1-3H3,(H,12,13). The molecule has 0 unspecified atom stereocenters. The first-order valence-corrected chi connectivity index (χ1v) is 5.46. The van der Waals surface area contributed by atoms with E-state index in [0.29, 0.717) is 6.41 Å². The summed E-state index contributed by atoms with van der Waals surface area (Å²) >= 11 is 1.25. The van der Waals surface area contributed by atoms with E-state index in [1.807, 2.05) is 25.1 Å². The molecule has 0 saturated heterocycles. The van der Waals surface area contributed by atoms with Gasteiger partial charge in [0.05, 0.1) is 5.60 Å². The Morgan fingerprint density at radius 2 is 2.13 bits per heavy atom. The topological polar surface area (TPSA) is 49.3 Å². The second kappa shape index (κ2) is 4.68. The van der Waals surface area contributed by atoms with Crippen LogP contribution in [-0.4, -0.2) is 11.5 Å². The van der Waals surface area contributed by atoms with Crippen molar-refractivity contribution in [2.45, 2.75) is 31.3 Å².